The Balaban J connectivity index is 2.71. The van der Waals surface area contributed by atoms with Gasteiger partial charge in [0.05, 0.1) is 5.69 Å². The molecule has 1 rings (SSSR count). The zero-order chi connectivity index (χ0) is 9.52. The molecule has 0 unspecified atom stereocenters. The number of nitrogens with zero attached hydrogens (tertiary/aromatic N) is 1. The van der Waals surface area contributed by atoms with Crippen LogP contribution in [-0.2, 0) is 0 Å². The molecular formula is C10H10BrNO. The zero-order valence-corrected chi connectivity index (χ0v) is 8.70. The summed E-state index contributed by atoms with van der Waals surface area (Å²) in [7, 11) is 0. The van der Waals surface area contributed by atoms with Crippen LogP contribution in [-0.4, -0.2) is 16.6 Å². The number of alkyl halides is 1. The number of halogens is 1. The molecule has 0 aromatic carbocycles. The third-order valence-corrected chi connectivity index (χ3v) is 1.94. The van der Waals surface area contributed by atoms with E-state index in [1.165, 1.54) is 0 Å². The zero-order valence-electron chi connectivity index (χ0n) is 7.11. The number of pyridine rings is 1. The Bertz CT molecular complexity index is 310. The first-order valence-corrected chi connectivity index (χ1v) is 5.13. The van der Waals surface area contributed by atoms with Gasteiger partial charge >= 0.3 is 0 Å². The molecule has 0 saturated carbocycles. The second-order valence-electron chi connectivity index (χ2n) is 2.49. The minimum atomic E-state index is 0.473. The number of carbonyl (C=O) groups is 1. The first kappa shape index (κ1) is 10.1. The van der Waals surface area contributed by atoms with Crippen LogP contribution in [0.1, 0.15) is 22.6 Å². The van der Waals surface area contributed by atoms with Crippen molar-refractivity contribution >= 4 is 28.3 Å². The van der Waals surface area contributed by atoms with Crippen LogP contribution in [0.2, 0.25) is 0 Å². The van der Waals surface area contributed by atoms with E-state index < -0.39 is 0 Å². The molecule has 0 aliphatic carbocycles. The lowest BCUT2D eigenvalue weighted by Gasteiger charge is -1.93. The van der Waals surface area contributed by atoms with Crippen molar-refractivity contribution in [2.75, 3.05) is 5.33 Å². The number of aromatic nitrogens is 1. The van der Waals surface area contributed by atoms with Gasteiger partial charge in [-0.3, -0.25) is 4.79 Å². The van der Waals surface area contributed by atoms with E-state index in [-0.39, 0.29) is 0 Å². The fourth-order valence-corrected chi connectivity index (χ4v) is 1.16. The number of allylic oxidation sites excluding steroid dienone is 1. The topological polar surface area (TPSA) is 30.0 Å². The van der Waals surface area contributed by atoms with Crippen molar-refractivity contribution in [1.29, 1.82) is 0 Å². The van der Waals surface area contributed by atoms with Gasteiger partial charge in [-0.05, 0) is 24.6 Å². The summed E-state index contributed by atoms with van der Waals surface area (Å²) in [4.78, 5) is 14.5. The SMILES string of the molecule is O=Cc1cccc(C=CCCBr)n1. The van der Waals surface area contributed by atoms with Crippen LogP contribution < -0.4 is 0 Å². The van der Waals surface area contributed by atoms with Crippen molar-refractivity contribution < 1.29 is 4.79 Å². The Morgan fingerprint density at radius 1 is 1.38 bits per heavy atom. The van der Waals surface area contributed by atoms with Gasteiger partial charge in [0, 0.05) is 5.33 Å². The summed E-state index contributed by atoms with van der Waals surface area (Å²) in [6, 6.07) is 5.39. The van der Waals surface area contributed by atoms with Crippen LogP contribution in [0.15, 0.2) is 24.3 Å². The summed E-state index contributed by atoms with van der Waals surface area (Å²) in [5.74, 6) is 0. The van der Waals surface area contributed by atoms with Gasteiger partial charge in [0.25, 0.3) is 0 Å². The molecule has 0 N–H and O–H groups in total. The molecule has 0 aliphatic heterocycles. The van der Waals surface area contributed by atoms with Crippen LogP contribution in [0, 0.1) is 0 Å². The average Bonchev–Trinajstić information content (AvgIpc) is 2.19. The molecule has 0 atom stereocenters. The molecule has 0 bridgehead atoms. The average molecular weight is 240 g/mol. The van der Waals surface area contributed by atoms with E-state index >= 15 is 0 Å². The number of rotatable bonds is 4. The molecule has 2 nitrogen and oxygen atoms in total. The van der Waals surface area contributed by atoms with E-state index in [0.29, 0.717) is 5.69 Å². The molecule has 0 radical (unpaired) electrons. The van der Waals surface area contributed by atoms with Crippen molar-refractivity contribution in [2.45, 2.75) is 6.42 Å². The molecule has 1 heterocycles. The largest absolute Gasteiger partial charge is 0.296 e. The van der Waals surface area contributed by atoms with Gasteiger partial charge in [0.2, 0.25) is 0 Å². The monoisotopic (exact) mass is 239 g/mol. The lowest BCUT2D eigenvalue weighted by molar-refractivity contribution is 0.111. The van der Waals surface area contributed by atoms with E-state index in [9.17, 15) is 4.79 Å². The van der Waals surface area contributed by atoms with E-state index in [4.69, 9.17) is 0 Å². The van der Waals surface area contributed by atoms with Crippen molar-refractivity contribution in [1.82, 2.24) is 4.98 Å². The van der Waals surface area contributed by atoms with E-state index in [0.717, 1.165) is 23.7 Å². The molecule has 0 spiro atoms. The van der Waals surface area contributed by atoms with Gasteiger partial charge in [0.15, 0.2) is 6.29 Å². The number of aldehydes is 1. The minimum absolute atomic E-state index is 0.473. The fourth-order valence-electron chi connectivity index (χ4n) is 0.894. The Morgan fingerprint density at radius 3 is 2.85 bits per heavy atom. The Morgan fingerprint density at radius 2 is 2.15 bits per heavy atom. The number of hydrogen-bond acceptors (Lipinski definition) is 2. The predicted octanol–water partition coefficient (Wildman–Crippen LogP) is 2.69. The van der Waals surface area contributed by atoms with E-state index in [1.54, 1.807) is 6.07 Å². The van der Waals surface area contributed by atoms with E-state index in [2.05, 4.69) is 20.9 Å². The second-order valence-corrected chi connectivity index (χ2v) is 3.28. The maximum atomic E-state index is 10.4. The normalized spacial score (nSPS) is 10.5. The Labute approximate surface area is 85.8 Å². The lowest BCUT2D eigenvalue weighted by atomic mass is 10.3. The van der Waals surface area contributed by atoms with Gasteiger partial charge in [-0.2, -0.15) is 0 Å². The van der Waals surface area contributed by atoms with Crippen molar-refractivity contribution in [2.24, 2.45) is 0 Å². The molecule has 3 heteroatoms. The summed E-state index contributed by atoms with van der Waals surface area (Å²) >= 11 is 3.32. The van der Waals surface area contributed by atoms with Gasteiger partial charge in [-0.15, -0.1) is 0 Å². The van der Waals surface area contributed by atoms with Gasteiger partial charge in [-0.1, -0.05) is 28.1 Å². The highest BCUT2D eigenvalue weighted by Gasteiger charge is 1.91. The van der Waals surface area contributed by atoms with Crippen molar-refractivity contribution in [3.63, 3.8) is 0 Å². The summed E-state index contributed by atoms with van der Waals surface area (Å²) in [6.07, 6.45) is 5.65. The third-order valence-electron chi connectivity index (χ3n) is 1.48. The predicted molar refractivity (Wildman–Crippen MR) is 57.1 cm³/mol. The van der Waals surface area contributed by atoms with Crippen molar-refractivity contribution in [3.05, 3.63) is 35.7 Å². The second kappa shape index (κ2) is 5.65. The highest BCUT2D eigenvalue weighted by Crippen LogP contribution is 2.01. The quantitative estimate of drug-likeness (QED) is 0.598. The van der Waals surface area contributed by atoms with Crippen LogP contribution in [0.4, 0.5) is 0 Å². The van der Waals surface area contributed by atoms with Gasteiger partial charge in [-0.25, -0.2) is 4.98 Å². The van der Waals surface area contributed by atoms with Crippen molar-refractivity contribution in [3.8, 4) is 0 Å². The van der Waals surface area contributed by atoms with Crippen LogP contribution in [0.5, 0.6) is 0 Å². The maximum absolute atomic E-state index is 10.4. The Hall–Kier alpha value is -0.960. The molecule has 0 saturated heterocycles. The Kier molecular flexibility index (Phi) is 4.40. The standard InChI is InChI=1S/C10H10BrNO/c11-7-2-1-4-9-5-3-6-10(8-13)12-9/h1,3-6,8H,2,7H2. The molecule has 68 valence electrons. The maximum Gasteiger partial charge on any atom is 0.168 e. The summed E-state index contributed by atoms with van der Waals surface area (Å²) in [6.45, 7) is 0. The number of carbonyl (C=O) groups excluding carboxylic acids is 1. The summed E-state index contributed by atoms with van der Waals surface area (Å²) < 4.78 is 0. The molecule has 0 fully saturated rings. The lowest BCUT2D eigenvalue weighted by Crippen LogP contribution is -1.87. The molecule has 0 aliphatic rings. The van der Waals surface area contributed by atoms with Crippen LogP contribution >= 0.6 is 15.9 Å². The van der Waals surface area contributed by atoms with Crippen LogP contribution in [0.25, 0.3) is 6.08 Å². The highest BCUT2D eigenvalue weighted by molar-refractivity contribution is 9.09. The molecule has 0 amide bonds. The van der Waals surface area contributed by atoms with Crippen LogP contribution in [0.3, 0.4) is 0 Å². The molecule has 1 aromatic rings. The first-order valence-electron chi connectivity index (χ1n) is 4.01. The fraction of sp³-hybridized carbons (Fsp3) is 0.200. The molecule has 13 heavy (non-hydrogen) atoms. The molecule has 1 aromatic heterocycles. The highest BCUT2D eigenvalue weighted by atomic mass is 79.9. The first-order chi connectivity index (χ1) is 6.36. The number of hydrogen-bond donors (Lipinski definition) is 0. The smallest absolute Gasteiger partial charge is 0.168 e. The van der Waals surface area contributed by atoms with Gasteiger partial charge in [0.1, 0.15) is 5.69 Å². The minimum Gasteiger partial charge on any atom is -0.296 e. The summed E-state index contributed by atoms with van der Waals surface area (Å²) in [5, 5.41) is 0.941. The third kappa shape index (κ3) is 3.51. The van der Waals surface area contributed by atoms with E-state index in [1.807, 2.05) is 24.3 Å². The van der Waals surface area contributed by atoms with Gasteiger partial charge < -0.3 is 0 Å². The summed E-state index contributed by atoms with van der Waals surface area (Å²) in [5.41, 5.74) is 1.30. The molecular weight excluding hydrogens is 230 g/mol.